The van der Waals surface area contributed by atoms with Crippen LogP contribution in [0, 0.1) is 12.3 Å². The maximum Gasteiger partial charge on any atom is 0.234 e. The van der Waals surface area contributed by atoms with Crippen molar-refractivity contribution in [2.24, 2.45) is 5.41 Å². The third kappa shape index (κ3) is 3.65. The van der Waals surface area contributed by atoms with Gasteiger partial charge in [-0.3, -0.25) is 4.79 Å². The van der Waals surface area contributed by atoms with Crippen LogP contribution in [0.1, 0.15) is 37.2 Å². The highest BCUT2D eigenvalue weighted by Gasteiger charge is 2.67. The van der Waals surface area contributed by atoms with Crippen molar-refractivity contribution in [2.75, 3.05) is 34.3 Å². The summed E-state index contributed by atoms with van der Waals surface area (Å²) in [7, 11) is 5.72. The maximum atomic E-state index is 13.9. The lowest BCUT2D eigenvalue weighted by Gasteiger charge is -2.30. The quantitative estimate of drug-likeness (QED) is 0.760. The summed E-state index contributed by atoms with van der Waals surface area (Å²) < 4.78 is 5.30. The molecule has 1 aliphatic carbocycles. The van der Waals surface area contributed by atoms with Crippen molar-refractivity contribution in [3.05, 3.63) is 47.5 Å². The molecule has 1 amide bonds. The van der Waals surface area contributed by atoms with E-state index >= 15 is 0 Å². The molecule has 1 N–H and O–H groups in total. The molecule has 1 aromatic heterocycles. The minimum absolute atomic E-state index is 0.0738. The average Bonchev–Trinajstić information content (AvgIpc) is 3.03. The van der Waals surface area contributed by atoms with Gasteiger partial charge in [0, 0.05) is 18.8 Å². The van der Waals surface area contributed by atoms with Gasteiger partial charge in [-0.15, -0.1) is 0 Å². The molecule has 1 heterocycles. The molecule has 0 spiro atoms. The fraction of sp³-hybridized carbons (Fsp3) is 0.545. The van der Waals surface area contributed by atoms with Gasteiger partial charge in [0.1, 0.15) is 5.75 Å². The van der Waals surface area contributed by atoms with Gasteiger partial charge in [0.25, 0.3) is 0 Å². The summed E-state index contributed by atoms with van der Waals surface area (Å²) in [6, 6.07) is 7.96. The summed E-state index contributed by atoms with van der Waals surface area (Å²) >= 11 is 0. The third-order valence-corrected chi connectivity index (χ3v) is 6.06. The van der Waals surface area contributed by atoms with Crippen LogP contribution in [-0.4, -0.2) is 60.0 Å². The van der Waals surface area contributed by atoms with E-state index in [1.807, 2.05) is 50.2 Å². The van der Waals surface area contributed by atoms with Gasteiger partial charge < -0.3 is 19.5 Å². The SMILES string of the molecule is COc1ccc(C2(C(=O)N(CCN(C)C)Cc3nc[nH]c3C)CC2(C)C)cc1. The standard InChI is InChI=1S/C22H32N4O2/c1-16-19(24-15-23-16)13-26(12-11-25(4)5)20(27)22(14-21(22,2)3)17-7-9-18(28-6)10-8-17/h7-10,15H,11-14H2,1-6H3,(H,23,24). The van der Waals surface area contributed by atoms with Crippen molar-refractivity contribution in [3.63, 3.8) is 0 Å². The Hall–Kier alpha value is -2.34. The topological polar surface area (TPSA) is 61.5 Å². The van der Waals surface area contributed by atoms with E-state index in [1.165, 1.54) is 0 Å². The monoisotopic (exact) mass is 384 g/mol. The molecule has 6 heteroatoms. The number of rotatable bonds is 8. The number of methoxy groups -OCH3 is 1. The summed E-state index contributed by atoms with van der Waals surface area (Å²) in [6.45, 7) is 8.37. The lowest BCUT2D eigenvalue weighted by molar-refractivity contribution is -0.135. The van der Waals surface area contributed by atoms with Gasteiger partial charge in [0.15, 0.2) is 0 Å². The summed E-state index contributed by atoms with van der Waals surface area (Å²) in [4.78, 5) is 25.5. The predicted molar refractivity (Wildman–Crippen MR) is 110 cm³/mol. The van der Waals surface area contributed by atoms with E-state index < -0.39 is 5.41 Å². The molecule has 28 heavy (non-hydrogen) atoms. The van der Waals surface area contributed by atoms with Gasteiger partial charge in [-0.25, -0.2) is 4.98 Å². The third-order valence-electron chi connectivity index (χ3n) is 6.06. The van der Waals surface area contributed by atoms with Crippen LogP contribution in [0.5, 0.6) is 5.75 Å². The first-order valence-corrected chi connectivity index (χ1v) is 9.79. The fourth-order valence-electron chi connectivity index (χ4n) is 4.05. The number of aromatic nitrogens is 2. The molecule has 0 radical (unpaired) electrons. The van der Waals surface area contributed by atoms with Crippen molar-refractivity contribution in [3.8, 4) is 5.75 Å². The van der Waals surface area contributed by atoms with Crippen LogP contribution in [0.2, 0.25) is 0 Å². The lowest BCUT2D eigenvalue weighted by Crippen LogP contribution is -2.44. The number of carbonyl (C=O) groups excluding carboxylic acids is 1. The molecule has 2 aromatic rings. The Morgan fingerprint density at radius 3 is 2.32 bits per heavy atom. The van der Waals surface area contributed by atoms with Crippen molar-refractivity contribution >= 4 is 5.91 Å². The molecule has 1 saturated carbocycles. The molecule has 1 aliphatic rings. The van der Waals surface area contributed by atoms with Gasteiger partial charge in [0.05, 0.1) is 31.1 Å². The molecule has 1 fully saturated rings. The normalized spacial score (nSPS) is 20.2. The number of H-pyrrole nitrogens is 1. The van der Waals surface area contributed by atoms with Crippen LogP contribution in [0.4, 0.5) is 0 Å². The van der Waals surface area contributed by atoms with Crippen LogP contribution < -0.4 is 4.74 Å². The van der Waals surface area contributed by atoms with E-state index in [0.717, 1.165) is 35.7 Å². The number of aryl methyl sites for hydroxylation is 1. The molecule has 1 unspecified atom stereocenters. The minimum Gasteiger partial charge on any atom is -0.497 e. The number of aromatic amines is 1. The zero-order valence-corrected chi connectivity index (χ0v) is 17.9. The Bertz CT molecular complexity index is 825. The Morgan fingerprint density at radius 2 is 1.86 bits per heavy atom. The van der Waals surface area contributed by atoms with E-state index in [9.17, 15) is 4.79 Å². The van der Waals surface area contributed by atoms with Crippen LogP contribution >= 0.6 is 0 Å². The first kappa shape index (κ1) is 20.4. The van der Waals surface area contributed by atoms with E-state index in [4.69, 9.17) is 4.74 Å². The highest BCUT2D eigenvalue weighted by atomic mass is 16.5. The molecule has 6 nitrogen and oxygen atoms in total. The van der Waals surface area contributed by atoms with Crippen LogP contribution in [0.3, 0.4) is 0 Å². The number of imidazole rings is 1. The Balaban J connectivity index is 1.92. The van der Waals surface area contributed by atoms with Crippen molar-refractivity contribution in [1.29, 1.82) is 0 Å². The Morgan fingerprint density at radius 1 is 1.21 bits per heavy atom. The number of nitrogens with one attached hydrogen (secondary N) is 1. The van der Waals surface area contributed by atoms with Crippen molar-refractivity contribution in [1.82, 2.24) is 19.8 Å². The van der Waals surface area contributed by atoms with Crippen molar-refractivity contribution in [2.45, 2.75) is 39.2 Å². The highest BCUT2D eigenvalue weighted by Crippen LogP contribution is 2.65. The maximum absolute atomic E-state index is 13.9. The molecule has 152 valence electrons. The van der Waals surface area contributed by atoms with Crippen LogP contribution in [0.25, 0.3) is 0 Å². The molecule has 0 aliphatic heterocycles. The van der Waals surface area contributed by atoms with Crippen LogP contribution in [-0.2, 0) is 16.8 Å². The molecular formula is C22H32N4O2. The van der Waals surface area contributed by atoms with Crippen LogP contribution in [0.15, 0.2) is 30.6 Å². The predicted octanol–water partition coefficient (Wildman–Crippen LogP) is 2.98. The first-order valence-electron chi connectivity index (χ1n) is 9.79. The minimum atomic E-state index is -0.490. The van der Waals surface area contributed by atoms with Gasteiger partial charge in [-0.2, -0.15) is 0 Å². The molecule has 3 rings (SSSR count). The second-order valence-corrected chi connectivity index (χ2v) is 8.70. The van der Waals surface area contributed by atoms with E-state index in [2.05, 4.69) is 28.7 Å². The molecule has 0 saturated heterocycles. The van der Waals surface area contributed by atoms with Gasteiger partial charge in [-0.1, -0.05) is 26.0 Å². The van der Waals surface area contributed by atoms with Gasteiger partial charge >= 0.3 is 0 Å². The molecular weight excluding hydrogens is 352 g/mol. The molecule has 1 atom stereocenters. The first-order chi connectivity index (χ1) is 13.2. The zero-order chi connectivity index (χ0) is 20.5. The number of ether oxygens (including phenoxy) is 1. The largest absolute Gasteiger partial charge is 0.497 e. The summed E-state index contributed by atoms with van der Waals surface area (Å²) in [5.74, 6) is 0.994. The highest BCUT2D eigenvalue weighted by molar-refractivity contribution is 5.93. The number of hydrogen-bond acceptors (Lipinski definition) is 4. The molecule has 1 aromatic carbocycles. The number of likely N-dealkylation sites (N-methyl/N-ethyl adjacent to an activating group) is 1. The smallest absolute Gasteiger partial charge is 0.234 e. The second-order valence-electron chi connectivity index (χ2n) is 8.70. The second kappa shape index (κ2) is 7.59. The van der Waals surface area contributed by atoms with Crippen molar-refractivity contribution < 1.29 is 9.53 Å². The fourth-order valence-corrected chi connectivity index (χ4v) is 4.05. The zero-order valence-electron chi connectivity index (χ0n) is 17.9. The summed E-state index contributed by atoms with van der Waals surface area (Å²) in [5, 5.41) is 0. The summed E-state index contributed by atoms with van der Waals surface area (Å²) in [6.07, 6.45) is 2.54. The van der Waals surface area contributed by atoms with E-state index in [0.29, 0.717) is 13.1 Å². The van der Waals surface area contributed by atoms with E-state index in [1.54, 1.807) is 13.4 Å². The Labute approximate surface area is 167 Å². The van der Waals surface area contributed by atoms with Gasteiger partial charge in [-0.05, 0) is 50.6 Å². The van der Waals surface area contributed by atoms with E-state index in [-0.39, 0.29) is 11.3 Å². The van der Waals surface area contributed by atoms with Gasteiger partial charge in [0.2, 0.25) is 5.91 Å². The number of nitrogens with zero attached hydrogens (tertiary/aromatic N) is 3. The molecule has 0 bridgehead atoms. The average molecular weight is 385 g/mol. The lowest BCUT2D eigenvalue weighted by atomic mass is 9.86. The number of benzene rings is 1. The number of amides is 1. The number of hydrogen-bond donors (Lipinski definition) is 1. The Kier molecular flexibility index (Phi) is 5.53. The summed E-state index contributed by atoms with van der Waals surface area (Å²) in [5.41, 5.74) is 2.44. The number of carbonyl (C=O) groups is 1.